The van der Waals surface area contributed by atoms with Crippen LogP contribution in [0.25, 0.3) is 12.2 Å². The third-order valence-corrected chi connectivity index (χ3v) is 2.22. The third-order valence-electron chi connectivity index (χ3n) is 2.22. The Bertz CT molecular complexity index is 636. The van der Waals surface area contributed by atoms with Crippen LogP contribution in [0.15, 0.2) is 33.1 Å². The van der Waals surface area contributed by atoms with Gasteiger partial charge in [-0.25, -0.2) is 4.79 Å². The molecule has 0 unspecified atom stereocenters. The van der Waals surface area contributed by atoms with Crippen LogP contribution in [-0.2, 0) is 4.74 Å². The van der Waals surface area contributed by atoms with E-state index in [-0.39, 0.29) is 11.6 Å². The highest BCUT2D eigenvalue weighted by Gasteiger charge is 2.11. The number of hydrogen-bond donors (Lipinski definition) is 0. The van der Waals surface area contributed by atoms with E-state index in [1.165, 1.54) is 37.5 Å². The maximum absolute atomic E-state index is 11.1. The van der Waals surface area contributed by atoms with Gasteiger partial charge < -0.3 is 13.6 Å². The molecule has 0 radical (unpaired) electrons. The topological polar surface area (TPSA) is 95.7 Å². The summed E-state index contributed by atoms with van der Waals surface area (Å²) in [5, 5.41) is 10.4. The lowest BCUT2D eigenvalue weighted by molar-refractivity contribution is -0.402. The maximum Gasteiger partial charge on any atom is 0.433 e. The number of esters is 1. The summed E-state index contributed by atoms with van der Waals surface area (Å²) >= 11 is 0. The number of rotatable bonds is 4. The molecule has 2 rings (SSSR count). The van der Waals surface area contributed by atoms with Gasteiger partial charge in [-0.2, -0.15) is 0 Å². The van der Waals surface area contributed by atoms with E-state index in [1.807, 2.05) is 0 Å². The SMILES string of the molecule is COC(=O)c1ccc(/C=C/c2ccc([N+](=O)[O-])o2)o1. The summed E-state index contributed by atoms with van der Waals surface area (Å²) < 4.78 is 14.6. The molecular weight excluding hydrogens is 254 g/mol. The number of furan rings is 2. The number of nitrogens with zero attached hydrogens (tertiary/aromatic N) is 1. The van der Waals surface area contributed by atoms with Crippen LogP contribution in [0.2, 0.25) is 0 Å². The zero-order valence-electron chi connectivity index (χ0n) is 9.86. The molecule has 2 aromatic heterocycles. The summed E-state index contributed by atoms with van der Waals surface area (Å²) in [6, 6.07) is 5.75. The molecular formula is C12H9NO6. The summed E-state index contributed by atoms with van der Waals surface area (Å²) in [5.41, 5.74) is 0. The molecule has 0 atom stereocenters. The van der Waals surface area contributed by atoms with Crippen molar-refractivity contribution < 1.29 is 23.3 Å². The lowest BCUT2D eigenvalue weighted by Crippen LogP contribution is -1.98. The minimum Gasteiger partial charge on any atom is -0.463 e. The van der Waals surface area contributed by atoms with Crippen molar-refractivity contribution in [3.63, 3.8) is 0 Å². The number of nitro groups is 1. The first-order valence-corrected chi connectivity index (χ1v) is 5.20. The standard InChI is InChI=1S/C12H9NO6/c1-17-12(14)10-6-4-8(18-10)2-3-9-5-7-11(19-9)13(15)16/h2-7H,1H3/b3-2+. The van der Waals surface area contributed by atoms with Crippen LogP contribution in [0.3, 0.4) is 0 Å². The van der Waals surface area contributed by atoms with E-state index in [4.69, 9.17) is 8.83 Å². The quantitative estimate of drug-likeness (QED) is 0.478. The molecule has 0 amide bonds. The number of carbonyl (C=O) groups is 1. The van der Waals surface area contributed by atoms with Crippen molar-refractivity contribution in [2.24, 2.45) is 0 Å². The Balaban J connectivity index is 2.11. The Labute approximate surface area is 107 Å². The largest absolute Gasteiger partial charge is 0.463 e. The van der Waals surface area contributed by atoms with E-state index in [9.17, 15) is 14.9 Å². The van der Waals surface area contributed by atoms with Gasteiger partial charge >= 0.3 is 11.9 Å². The zero-order valence-corrected chi connectivity index (χ0v) is 9.86. The minimum atomic E-state index is -0.625. The van der Waals surface area contributed by atoms with Gasteiger partial charge in [-0.1, -0.05) is 0 Å². The van der Waals surface area contributed by atoms with Gasteiger partial charge in [0.05, 0.1) is 13.2 Å². The molecule has 2 heterocycles. The van der Waals surface area contributed by atoms with Crippen LogP contribution >= 0.6 is 0 Å². The van der Waals surface area contributed by atoms with Gasteiger partial charge in [-0.3, -0.25) is 10.1 Å². The predicted octanol–water partition coefficient (Wildman–Crippen LogP) is 2.74. The molecule has 98 valence electrons. The molecule has 0 aliphatic heterocycles. The van der Waals surface area contributed by atoms with Crippen LogP contribution in [0.4, 0.5) is 5.88 Å². The van der Waals surface area contributed by atoms with E-state index in [1.54, 1.807) is 6.07 Å². The van der Waals surface area contributed by atoms with E-state index < -0.39 is 10.9 Å². The second-order valence-electron chi connectivity index (χ2n) is 3.46. The fourth-order valence-electron chi connectivity index (χ4n) is 1.35. The van der Waals surface area contributed by atoms with Gasteiger partial charge in [-0.15, -0.1) is 0 Å². The Morgan fingerprint density at radius 2 is 1.84 bits per heavy atom. The monoisotopic (exact) mass is 263 g/mol. The molecule has 0 bridgehead atoms. The van der Waals surface area contributed by atoms with Crippen molar-refractivity contribution in [3.05, 3.63) is 51.7 Å². The summed E-state index contributed by atoms with van der Waals surface area (Å²) in [7, 11) is 1.25. The van der Waals surface area contributed by atoms with Gasteiger partial charge in [0.15, 0.2) is 0 Å². The molecule has 0 aromatic carbocycles. The molecule has 7 nitrogen and oxygen atoms in total. The molecule has 0 aliphatic rings. The zero-order chi connectivity index (χ0) is 13.8. The predicted molar refractivity (Wildman–Crippen MR) is 64.3 cm³/mol. The van der Waals surface area contributed by atoms with E-state index in [2.05, 4.69) is 4.74 Å². The molecule has 0 N–H and O–H groups in total. The molecule has 2 aromatic rings. The Hall–Kier alpha value is -2.83. The van der Waals surface area contributed by atoms with Gasteiger partial charge in [0.2, 0.25) is 5.76 Å². The van der Waals surface area contributed by atoms with Crippen LogP contribution in [0.5, 0.6) is 0 Å². The summed E-state index contributed by atoms with van der Waals surface area (Å²) in [6.07, 6.45) is 3.02. The van der Waals surface area contributed by atoms with E-state index >= 15 is 0 Å². The Kier molecular flexibility index (Phi) is 3.46. The molecule has 19 heavy (non-hydrogen) atoms. The molecule has 0 spiro atoms. The highest BCUT2D eigenvalue weighted by atomic mass is 16.6. The van der Waals surface area contributed by atoms with Crippen molar-refractivity contribution in [1.82, 2.24) is 0 Å². The van der Waals surface area contributed by atoms with Gasteiger partial charge in [0.1, 0.15) is 16.4 Å². The highest BCUT2D eigenvalue weighted by Crippen LogP contribution is 2.18. The first-order valence-electron chi connectivity index (χ1n) is 5.20. The van der Waals surface area contributed by atoms with Crippen molar-refractivity contribution >= 4 is 24.0 Å². The van der Waals surface area contributed by atoms with Gasteiger partial charge in [-0.05, 0) is 30.4 Å². The van der Waals surface area contributed by atoms with Crippen molar-refractivity contribution in [3.8, 4) is 0 Å². The molecule has 0 saturated heterocycles. The summed E-state index contributed by atoms with van der Waals surface area (Å²) in [5.74, 6) is -0.127. The van der Waals surface area contributed by atoms with Crippen LogP contribution in [0, 0.1) is 10.1 Å². The normalized spacial score (nSPS) is 10.8. The Morgan fingerprint density at radius 1 is 1.21 bits per heavy atom. The van der Waals surface area contributed by atoms with Crippen molar-refractivity contribution in [2.45, 2.75) is 0 Å². The van der Waals surface area contributed by atoms with Gasteiger partial charge in [0.25, 0.3) is 0 Å². The summed E-state index contributed by atoms with van der Waals surface area (Å²) in [4.78, 5) is 20.9. The number of hydrogen-bond acceptors (Lipinski definition) is 6. The molecule has 7 heteroatoms. The smallest absolute Gasteiger partial charge is 0.433 e. The first kappa shape index (κ1) is 12.6. The lowest BCUT2D eigenvalue weighted by atomic mass is 10.3. The number of carbonyl (C=O) groups excluding carboxylic acids is 1. The van der Waals surface area contributed by atoms with E-state index in [0.717, 1.165) is 0 Å². The van der Waals surface area contributed by atoms with Crippen molar-refractivity contribution in [1.29, 1.82) is 0 Å². The minimum absolute atomic E-state index is 0.0765. The van der Waals surface area contributed by atoms with Gasteiger partial charge in [0, 0.05) is 0 Å². The van der Waals surface area contributed by atoms with E-state index in [0.29, 0.717) is 11.5 Å². The average molecular weight is 263 g/mol. The average Bonchev–Trinajstić information content (AvgIpc) is 3.04. The highest BCUT2D eigenvalue weighted by molar-refractivity contribution is 5.86. The lowest BCUT2D eigenvalue weighted by Gasteiger charge is -1.91. The first-order chi connectivity index (χ1) is 9.10. The number of methoxy groups -OCH3 is 1. The fraction of sp³-hybridized carbons (Fsp3) is 0.0833. The molecule has 0 aliphatic carbocycles. The Morgan fingerprint density at radius 3 is 2.42 bits per heavy atom. The number of ether oxygens (including phenoxy) is 1. The second-order valence-corrected chi connectivity index (χ2v) is 3.46. The second kappa shape index (κ2) is 5.21. The summed E-state index contributed by atoms with van der Waals surface area (Å²) in [6.45, 7) is 0. The van der Waals surface area contributed by atoms with Crippen LogP contribution in [0.1, 0.15) is 22.1 Å². The van der Waals surface area contributed by atoms with Crippen molar-refractivity contribution in [2.75, 3.05) is 7.11 Å². The molecule has 0 saturated carbocycles. The van der Waals surface area contributed by atoms with Crippen LogP contribution in [-0.4, -0.2) is 18.0 Å². The fourth-order valence-corrected chi connectivity index (χ4v) is 1.35. The van der Waals surface area contributed by atoms with Crippen LogP contribution < -0.4 is 0 Å². The maximum atomic E-state index is 11.1. The molecule has 0 fully saturated rings. The third kappa shape index (κ3) is 2.89.